The Morgan fingerprint density at radius 1 is 1.20 bits per heavy atom. The van der Waals surface area contributed by atoms with Gasteiger partial charge in [0.25, 0.3) is 0 Å². The van der Waals surface area contributed by atoms with Crippen molar-refractivity contribution in [2.24, 2.45) is 23.7 Å². The van der Waals surface area contributed by atoms with Crippen LogP contribution in [0.5, 0.6) is 0 Å². The highest BCUT2D eigenvalue weighted by Crippen LogP contribution is 2.50. The van der Waals surface area contributed by atoms with Crippen LogP contribution in [0.2, 0.25) is 0 Å². The van der Waals surface area contributed by atoms with Crippen molar-refractivity contribution in [3.8, 4) is 0 Å². The van der Waals surface area contributed by atoms with Crippen LogP contribution in [0.4, 0.5) is 0 Å². The molecule has 0 aliphatic heterocycles. The van der Waals surface area contributed by atoms with Crippen molar-refractivity contribution < 1.29 is 10.2 Å². The quantitative estimate of drug-likeness (QED) is 0.576. The van der Waals surface area contributed by atoms with E-state index in [1.165, 1.54) is 18.4 Å². The third-order valence-electron chi connectivity index (χ3n) is 6.03. The van der Waals surface area contributed by atoms with Crippen LogP contribution in [0.1, 0.15) is 51.9 Å². The Hall–Kier alpha value is -0.840. The molecule has 3 aliphatic carbocycles. The molecule has 3 rings (SSSR count). The van der Waals surface area contributed by atoms with Crippen LogP contribution in [0.25, 0.3) is 0 Å². The summed E-state index contributed by atoms with van der Waals surface area (Å²) in [4.78, 5) is 0. The van der Waals surface area contributed by atoms with Gasteiger partial charge in [-0.15, -0.1) is 0 Å². The standard InChI is InChI=1S/C19H31NO2.C2H7N/c1-2-20-12-13-9-15-11-19(22)16(17(15)10-13)7-8-18(21)14-5-3-4-6-14;1-3-2/h7-8,12,14-22H,2-6,9-11H2,1H3;3H,1-2H3/t15-,16+,17-,18+,19+;/m0./s1. The Bertz CT molecular complexity index is 443. The third kappa shape index (κ3) is 5.57. The van der Waals surface area contributed by atoms with Crippen LogP contribution in [-0.4, -0.2) is 43.1 Å². The van der Waals surface area contributed by atoms with E-state index in [4.69, 9.17) is 0 Å². The van der Waals surface area contributed by atoms with Gasteiger partial charge in [0.2, 0.25) is 0 Å². The van der Waals surface area contributed by atoms with E-state index in [0.717, 1.165) is 38.6 Å². The van der Waals surface area contributed by atoms with Gasteiger partial charge < -0.3 is 20.8 Å². The first-order valence-corrected chi connectivity index (χ1v) is 10.1. The molecule has 5 atom stereocenters. The van der Waals surface area contributed by atoms with Crippen molar-refractivity contribution in [1.82, 2.24) is 10.6 Å². The van der Waals surface area contributed by atoms with Crippen molar-refractivity contribution in [3.63, 3.8) is 0 Å². The second-order valence-corrected chi connectivity index (χ2v) is 7.99. The number of hydrogen-bond donors (Lipinski definition) is 4. The lowest BCUT2D eigenvalue weighted by Crippen LogP contribution is -2.19. The van der Waals surface area contributed by atoms with E-state index in [9.17, 15) is 10.2 Å². The highest BCUT2D eigenvalue weighted by Gasteiger charge is 2.45. The highest BCUT2D eigenvalue weighted by molar-refractivity contribution is 5.17. The summed E-state index contributed by atoms with van der Waals surface area (Å²) in [7, 11) is 3.75. The van der Waals surface area contributed by atoms with Gasteiger partial charge in [-0.2, -0.15) is 0 Å². The lowest BCUT2D eigenvalue weighted by Gasteiger charge is -2.19. The number of aliphatic hydroxyl groups is 2. The zero-order chi connectivity index (χ0) is 18.2. The number of hydrogen-bond acceptors (Lipinski definition) is 4. The predicted octanol–water partition coefficient (Wildman–Crippen LogP) is 2.83. The zero-order valence-corrected chi connectivity index (χ0v) is 16.2. The molecule has 4 nitrogen and oxygen atoms in total. The van der Waals surface area contributed by atoms with E-state index in [2.05, 4.69) is 29.8 Å². The molecule has 3 fully saturated rings. The van der Waals surface area contributed by atoms with Crippen molar-refractivity contribution >= 4 is 0 Å². The maximum atomic E-state index is 10.4. The fourth-order valence-electron chi connectivity index (χ4n) is 4.84. The molecule has 3 saturated carbocycles. The van der Waals surface area contributed by atoms with E-state index in [0.29, 0.717) is 17.8 Å². The predicted molar refractivity (Wildman–Crippen MR) is 104 cm³/mol. The molecule has 4 heteroatoms. The Labute approximate surface area is 153 Å². The first-order valence-electron chi connectivity index (χ1n) is 10.1. The molecule has 3 aliphatic rings. The summed E-state index contributed by atoms with van der Waals surface area (Å²) in [6.07, 6.45) is 13.7. The average Bonchev–Trinajstić information content (AvgIpc) is 3.28. The van der Waals surface area contributed by atoms with Gasteiger partial charge in [-0.3, -0.25) is 0 Å². The molecule has 0 saturated heterocycles. The molecule has 0 spiro atoms. The Morgan fingerprint density at radius 2 is 1.88 bits per heavy atom. The Morgan fingerprint density at radius 3 is 2.52 bits per heavy atom. The summed E-state index contributed by atoms with van der Waals surface area (Å²) in [6.45, 7) is 3.09. The van der Waals surface area contributed by atoms with E-state index < -0.39 is 0 Å². The number of fused-ring (bicyclic) bond motifs is 1. The van der Waals surface area contributed by atoms with E-state index in [1.807, 2.05) is 20.2 Å². The molecule has 25 heavy (non-hydrogen) atoms. The van der Waals surface area contributed by atoms with Gasteiger partial charge >= 0.3 is 0 Å². The monoisotopic (exact) mass is 350 g/mol. The summed E-state index contributed by atoms with van der Waals surface area (Å²) in [6, 6.07) is 0. The van der Waals surface area contributed by atoms with Gasteiger partial charge in [-0.25, -0.2) is 0 Å². The molecule has 0 unspecified atom stereocenters. The number of aliphatic hydroxyl groups excluding tert-OH is 2. The number of rotatable bonds is 5. The lowest BCUT2D eigenvalue weighted by atomic mass is 9.89. The van der Waals surface area contributed by atoms with Gasteiger partial charge in [-0.1, -0.05) is 30.6 Å². The Balaban J connectivity index is 0.000000701. The molecular weight excluding hydrogens is 312 g/mol. The van der Waals surface area contributed by atoms with Crippen LogP contribution in [0.3, 0.4) is 0 Å². The third-order valence-corrected chi connectivity index (χ3v) is 6.03. The van der Waals surface area contributed by atoms with Gasteiger partial charge in [0.15, 0.2) is 0 Å². The molecule has 0 heterocycles. The summed E-state index contributed by atoms with van der Waals surface area (Å²) < 4.78 is 0. The van der Waals surface area contributed by atoms with Crippen molar-refractivity contribution in [3.05, 3.63) is 23.9 Å². The van der Waals surface area contributed by atoms with Crippen molar-refractivity contribution in [2.75, 3.05) is 20.6 Å². The largest absolute Gasteiger partial charge is 0.392 e. The SMILES string of the molecule is CCNC=C1C[C@H]2C[C@@H](O)[C@H](C=C[C@@H](O)C3CCCC3)[C@H]2C1.CNC. The van der Waals surface area contributed by atoms with Crippen LogP contribution >= 0.6 is 0 Å². The fraction of sp³-hybridized carbons (Fsp3) is 0.810. The van der Waals surface area contributed by atoms with Crippen molar-refractivity contribution in [2.45, 2.75) is 64.1 Å². The second-order valence-electron chi connectivity index (χ2n) is 7.99. The van der Waals surface area contributed by atoms with Crippen molar-refractivity contribution in [1.29, 1.82) is 0 Å². The van der Waals surface area contributed by atoms with Gasteiger partial charge in [-0.05, 0) is 77.1 Å². The molecule has 0 bridgehead atoms. The summed E-state index contributed by atoms with van der Waals surface area (Å²) in [5.74, 6) is 1.86. The minimum absolute atomic E-state index is 0.220. The lowest BCUT2D eigenvalue weighted by molar-refractivity contribution is 0.135. The number of allylic oxidation sites excluding steroid dienone is 1. The summed E-state index contributed by atoms with van der Waals surface area (Å²) in [5.41, 5.74) is 1.50. The normalized spacial score (nSPS) is 35.0. The summed E-state index contributed by atoms with van der Waals surface area (Å²) >= 11 is 0. The minimum Gasteiger partial charge on any atom is -0.392 e. The molecule has 144 valence electrons. The smallest absolute Gasteiger partial charge is 0.0749 e. The molecule has 0 radical (unpaired) electrons. The van der Waals surface area contributed by atoms with Gasteiger partial charge in [0.05, 0.1) is 12.2 Å². The minimum atomic E-state index is -0.313. The van der Waals surface area contributed by atoms with Crippen LogP contribution < -0.4 is 10.6 Å². The second kappa shape index (κ2) is 10.3. The van der Waals surface area contributed by atoms with Gasteiger partial charge in [0, 0.05) is 12.5 Å². The molecule has 0 aromatic carbocycles. The maximum absolute atomic E-state index is 10.4. The first kappa shape index (κ1) is 20.5. The molecule has 0 aromatic heterocycles. The zero-order valence-electron chi connectivity index (χ0n) is 16.2. The van der Waals surface area contributed by atoms with E-state index in [1.54, 1.807) is 0 Å². The molecule has 0 aromatic rings. The van der Waals surface area contributed by atoms with Crippen LogP contribution in [-0.2, 0) is 0 Å². The highest BCUT2D eigenvalue weighted by atomic mass is 16.3. The molecular formula is C21H38N2O2. The fourth-order valence-corrected chi connectivity index (χ4v) is 4.84. The maximum Gasteiger partial charge on any atom is 0.0749 e. The Kier molecular flexibility index (Phi) is 8.47. The van der Waals surface area contributed by atoms with Gasteiger partial charge in [0.1, 0.15) is 0 Å². The topological polar surface area (TPSA) is 64.5 Å². The number of nitrogens with one attached hydrogen (secondary N) is 2. The van der Waals surface area contributed by atoms with E-state index >= 15 is 0 Å². The summed E-state index contributed by atoms with van der Waals surface area (Å²) in [5, 5.41) is 26.7. The van der Waals surface area contributed by atoms with Crippen LogP contribution in [0.15, 0.2) is 23.9 Å². The molecule has 0 amide bonds. The van der Waals surface area contributed by atoms with Crippen LogP contribution in [0, 0.1) is 23.7 Å². The van der Waals surface area contributed by atoms with E-state index in [-0.39, 0.29) is 18.1 Å². The average molecular weight is 351 g/mol. The first-order chi connectivity index (χ1) is 12.1. The molecule has 4 N–H and O–H groups in total.